The van der Waals surface area contributed by atoms with Gasteiger partial charge in [-0.25, -0.2) is 0 Å². The minimum absolute atomic E-state index is 0.115. The summed E-state index contributed by atoms with van der Waals surface area (Å²) >= 11 is 12.2. The zero-order chi connectivity index (χ0) is 26.3. The van der Waals surface area contributed by atoms with E-state index in [0.717, 1.165) is 43.6 Å². The van der Waals surface area contributed by atoms with Crippen molar-refractivity contribution in [3.63, 3.8) is 0 Å². The zero-order valence-electron chi connectivity index (χ0n) is 21.0. The van der Waals surface area contributed by atoms with E-state index in [1.807, 2.05) is 18.2 Å². The summed E-state index contributed by atoms with van der Waals surface area (Å²) in [5.41, 5.74) is 7.89. The molecule has 2 aromatic rings. The first kappa shape index (κ1) is 28.0. The van der Waals surface area contributed by atoms with Crippen LogP contribution >= 0.6 is 23.2 Å². The van der Waals surface area contributed by atoms with Gasteiger partial charge in [0.2, 0.25) is 6.41 Å². The monoisotopic (exact) mass is 532 g/mol. The van der Waals surface area contributed by atoms with Gasteiger partial charge in [-0.05, 0) is 34.2 Å². The van der Waals surface area contributed by atoms with E-state index in [4.69, 9.17) is 32.8 Å². The van der Waals surface area contributed by atoms with E-state index in [0.29, 0.717) is 28.7 Å². The molecule has 1 spiro atoms. The van der Waals surface area contributed by atoms with Gasteiger partial charge in [0.05, 0.1) is 10.0 Å². The first-order valence-electron chi connectivity index (χ1n) is 12.0. The molecule has 9 heteroatoms. The highest BCUT2D eigenvalue weighted by atomic mass is 35.5. The first-order valence-corrected chi connectivity index (χ1v) is 12.8. The van der Waals surface area contributed by atoms with Crippen LogP contribution in [-0.4, -0.2) is 41.6 Å². The van der Waals surface area contributed by atoms with Crippen LogP contribution in [0.25, 0.3) is 0 Å². The molecule has 0 aromatic heterocycles. The summed E-state index contributed by atoms with van der Waals surface area (Å²) in [6, 6.07) is 14.1. The van der Waals surface area contributed by atoms with Gasteiger partial charge in [-0.3, -0.25) is 14.5 Å². The number of nitrogens with one attached hydrogen (secondary N) is 1. The van der Waals surface area contributed by atoms with Gasteiger partial charge in [-0.15, -0.1) is 0 Å². The molecule has 2 aliphatic heterocycles. The van der Waals surface area contributed by atoms with Crippen molar-refractivity contribution in [2.24, 2.45) is 10.9 Å². The molecule has 3 N–H and O–H groups in total. The Balaban J connectivity index is 0.00000115. The van der Waals surface area contributed by atoms with Crippen LogP contribution < -0.4 is 11.1 Å². The largest absolute Gasteiger partial charge is 0.388 e. The standard InChI is InChI=1S/C26H31Cl2N3O2.CH3NO/c1-25(2,3)20-7-4-18(5-8-20)16-29-24(32)23-15-26(33-30-23)10-12-31(13-11-26)17-19-6-9-21(27)22(28)14-19;2-1-3/h4-9,14H,10-13,15-17H2,1-3H3,(H,29,32);1H,(H2,2,3). The van der Waals surface area contributed by atoms with Crippen molar-refractivity contribution in [2.45, 2.75) is 64.1 Å². The average molecular weight is 534 g/mol. The van der Waals surface area contributed by atoms with Crippen LogP contribution in [0, 0.1) is 0 Å². The van der Waals surface area contributed by atoms with E-state index >= 15 is 0 Å². The molecule has 2 aromatic carbocycles. The summed E-state index contributed by atoms with van der Waals surface area (Å²) in [6.07, 6.45) is 2.48. The predicted molar refractivity (Wildman–Crippen MR) is 144 cm³/mol. The molecule has 4 rings (SSSR count). The van der Waals surface area contributed by atoms with Gasteiger partial charge in [-0.1, -0.05) is 79.5 Å². The Labute approximate surface area is 222 Å². The molecule has 194 valence electrons. The highest BCUT2D eigenvalue weighted by Crippen LogP contribution is 2.35. The number of halogens is 2. The quantitative estimate of drug-likeness (QED) is 0.539. The van der Waals surface area contributed by atoms with Crippen molar-refractivity contribution in [3.05, 3.63) is 69.2 Å². The van der Waals surface area contributed by atoms with Crippen LogP contribution in [0.2, 0.25) is 10.0 Å². The summed E-state index contributed by atoms with van der Waals surface area (Å²) in [5, 5.41) is 8.30. The molecule has 7 nitrogen and oxygen atoms in total. The minimum atomic E-state index is -0.366. The normalized spacial score (nSPS) is 17.0. The fraction of sp³-hybridized carbons (Fsp3) is 0.444. The topological polar surface area (TPSA) is 97.0 Å². The summed E-state index contributed by atoms with van der Waals surface area (Å²) in [4.78, 5) is 29.4. The van der Waals surface area contributed by atoms with Gasteiger partial charge in [0.25, 0.3) is 5.91 Å². The van der Waals surface area contributed by atoms with Crippen LogP contribution in [0.3, 0.4) is 0 Å². The lowest BCUT2D eigenvalue weighted by molar-refractivity contribution is -0.115. The van der Waals surface area contributed by atoms with Crippen molar-refractivity contribution in [3.8, 4) is 0 Å². The maximum atomic E-state index is 12.7. The number of amides is 2. The average Bonchev–Trinajstić information content (AvgIpc) is 3.25. The number of nitrogens with zero attached hydrogens (tertiary/aromatic N) is 2. The molecule has 2 heterocycles. The van der Waals surface area contributed by atoms with Gasteiger partial charge in [0, 0.05) is 45.4 Å². The number of rotatable bonds is 5. The Kier molecular flexibility index (Phi) is 9.39. The summed E-state index contributed by atoms with van der Waals surface area (Å²) in [7, 11) is 0. The Bertz CT molecular complexity index is 1090. The Morgan fingerprint density at radius 1 is 1.11 bits per heavy atom. The second-order valence-corrected chi connectivity index (χ2v) is 11.1. The third-order valence-electron chi connectivity index (χ3n) is 6.53. The molecule has 1 saturated heterocycles. The van der Waals surface area contributed by atoms with E-state index < -0.39 is 0 Å². The van der Waals surface area contributed by atoms with Gasteiger partial charge in [0.1, 0.15) is 11.3 Å². The van der Waals surface area contributed by atoms with Gasteiger partial charge >= 0.3 is 0 Å². The highest BCUT2D eigenvalue weighted by molar-refractivity contribution is 6.42. The molecular weight excluding hydrogens is 499 g/mol. The smallest absolute Gasteiger partial charge is 0.269 e. The van der Waals surface area contributed by atoms with Crippen molar-refractivity contribution < 1.29 is 14.4 Å². The zero-order valence-corrected chi connectivity index (χ0v) is 22.5. The molecule has 0 radical (unpaired) electrons. The number of hydrogen-bond donors (Lipinski definition) is 2. The Hall–Kier alpha value is -2.61. The predicted octanol–water partition coefficient (Wildman–Crippen LogP) is 4.82. The van der Waals surface area contributed by atoms with Gasteiger partial charge in [0.15, 0.2) is 0 Å². The lowest BCUT2D eigenvalue weighted by atomic mass is 9.86. The first-order chi connectivity index (χ1) is 17.0. The SMILES string of the molecule is CC(C)(C)c1ccc(CNC(=O)C2=NOC3(CCN(Cc4ccc(Cl)c(Cl)c4)CC3)C2)cc1.NC=O. The number of primary amides is 1. The van der Waals surface area contributed by atoms with Crippen LogP contribution in [0.1, 0.15) is 56.7 Å². The lowest BCUT2D eigenvalue weighted by Crippen LogP contribution is -2.45. The second-order valence-electron chi connectivity index (χ2n) is 10.3. The number of carbonyl (C=O) groups is 2. The number of hydrogen-bond acceptors (Lipinski definition) is 5. The number of carbonyl (C=O) groups excluding carboxylic acids is 2. The molecule has 2 amide bonds. The number of piperidine rings is 1. The van der Waals surface area contributed by atoms with Crippen molar-refractivity contribution in [1.29, 1.82) is 0 Å². The van der Waals surface area contributed by atoms with Crippen LogP contribution in [0.5, 0.6) is 0 Å². The van der Waals surface area contributed by atoms with Crippen molar-refractivity contribution in [2.75, 3.05) is 13.1 Å². The van der Waals surface area contributed by atoms with Crippen molar-refractivity contribution in [1.82, 2.24) is 10.2 Å². The Morgan fingerprint density at radius 3 is 2.31 bits per heavy atom. The fourth-order valence-corrected chi connectivity index (χ4v) is 4.65. The van der Waals surface area contributed by atoms with Gasteiger partial charge in [-0.2, -0.15) is 0 Å². The van der Waals surface area contributed by atoms with E-state index in [2.05, 4.69) is 66.1 Å². The fourth-order valence-electron chi connectivity index (χ4n) is 4.33. The molecule has 2 aliphatic rings. The number of oxime groups is 1. The third kappa shape index (κ3) is 7.45. The molecule has 0 bridgehead atoms. The van der Waals surface area contributed by atoms with E-state index in [1.54, 1.807) is 0 Å². The molecule has 0 aliphatic carbocycles. The van der Waals surface area contributed by atoms with Crippen LogP contribution in [0.4, 0.5) is 0 Å². The number of nitrogens with two attached hydrogens (primary N) is 1. The molecule has 0 unspecified atom stereocenters. The molecular formula is C27H34Cl2N4O3. The lowest BCUT2D eigenvalue weighted by Gasteiger charge is -2.37. The van der Waals surface area contributed by atoms with E-state index in [-0.39, 0.29) is 23.3 Å². The minimum Gasteiger partial charge on any atom is -0.388 e. The van der Waals surface area contributed by atoms with E-state index in [1.165, 1.54) is 5.56 Å². The number of benzene rings is 2. The molecule has 1 fully saturated rings. The van der Waals surface area contributed by atoms with Crippen LogP contribution in [-0.2, 0) is 32.9 Å². The summed E-state index contributed by atoms with van der Waals surface area (Å²) in [5.74, 6) is -0.148. The highest BCUT2D eigenvalue weighted by Gasteiger charge is 2.43. The molecule has 0 atom stereocenters. The second kappa shape index (κ2) is 12.1. The number of likely N-dealkylation sites (tertiary alicyclic amines) is 1. The maximum Gasteiger partial charge on any atom is 0.269 e. The molecule has 0 saturated carbocycles. The van der Waals surface area contributed by atoms with Crippen molar-refractivity contribution >= 4 is 41.2 Å². The summed E-state index contributed by atoms with van der Waals surface area (Å²) < 4.78 is 0. The van der Waals surface area contributed by atoms with E-state index in [9.17, 15) is 4.79 Å². The van der Waals surface area contributed by atoms with Crippen LogP contribution in [0.15, 0.2) is 47.6 Å². The third-order valence-corrected chi connectivity index (χ3v) is 7.27. The Morgan fingerprint density at radius 2 is 1.72 bits per heavy atom. The van der Waals surface area contributed by atoms with Gasteiger partial charge < -0.3 is 15.9 Å². The molecule has 36 heavy (non-hydrogen) atoms. The maximum absolute atomic E-state index is 12.7. The summed E-state index contributed by atoms with van der Waals surface area (Å²) in [6.45, 7) is 9.62.